The summed E-state index contributed by atoms with van der Waals surface area (Å²) in [7, 11) is 0. The standard InChI is InChI=1S/C19H20N2O2S2/c1-11(2)14-9-13-15(10-23-14)25-17-16(13)18(22)21(19(20-17)24-3)12-7-5-4-6-8-12/h4-8,11,14H,9-10H2,1-3H3. The quantitative estimate of drug-likeness (QED) is 0.509. The molecule has 0 bridgehead atoms. The molecule has 25 heavy (non-hydrogen) atoms. The van der Waals surface area contributed by atoms with Crippen molar-refractivity contribution in [1.82, 2.24) is 9.55 Å². The predicted octanol–water partition coefficient (Wildman–Crippen LogP) is 4.27. The van der Waals surface area contributed by atoms with Crippen molar-refractivity contribution in [1.29, 1.82) is 0 Å². The van der Waals surface area contributed by atoms with Gasteiger partial charge in [-0.05, 0) is 29.9 Å². The number of ether oxygens (including phenoxy) is 1. The second kappa shape index (κ2) is 6.59. The number of hydrogen-bond donors (Lipinski definition) is 0. The van der Waals surface area contributed by atoms with E-state index in [9.17, 15) is 4.79 Å². The van der Waals surface area contributed by atoms with Gasteiger partial charge in [0.25, 0.3) is 5.56 Å². The Labute approximate surface area is 154 Å². The molecule has 3 aromatic rings. The third kappa shape index (κ3) is 2.82. The van der Waals surface area contributed by atoms with Gasteiger partial charge in [0.05, 0.1) is 23.8 Å². The highest BCUT2D eigenvalue weighted by Crippen LogP contribution is 2.36. The van der Waals surface area contributed by atoms with Gasteiger partial charge in [-0.1, -0.05) is 43.8 Å². The maximum Gasteiger partial charge on any atom is 0.267 e. The molecule has 1 aliphatic rings. The molecule has 0 saturated heterocycles. The first-order valence-corrected chi connectivity index (χ1v) is 10.4. The van der Waals surface area contributed by atoms with E-state index in [2.05, 4.69) is 13.8 Å². The fourth-order valence-electron chi connectivity index (χ4n) is 3.28. The first-order chi connectivity index (χ1) is 12.1. The summed E-state index contributed by atoms with van der Waals surface area (Å²) < 4.78 is 7.71. The molecule has 1 unspecified atom stereocenters. The van der Waals surface area contributed by atoms with Gasteiger partial charge in [-0.2, -0.15) is 0 Å². The molecule has 0 radical (unpaired) electrons. The molecule has 0 N–H and O–H groups in total. The molecule has 3 heterocycles. The summed E-state index contributed by atoms with van der Waals surface area (Å²) in [4.78, 5) is 20.2. The maximum atomic E-state index is 13.4. The Bertz CT molecular complexity index is 976. The first kappa shape index (κ1) is 16.8. The van der Waals surface area contributed by atoms with Gasteiger partial charge in [-0.3, -0.25) is 9.36 Å². The minimum Gasteiger partial charge on any atom is -0.372 e. The van der Waals surface area contributed by atoms with Crippen LogP contribution in [0.2, 0.25) is 0 Å². The van der Waals surface area contributed by atoms with Crippen LogP contribution < -0.4 is 5.56 Å². The lowest BCUT2D eigenvalue weighted by Crippen LogP contribution is -2.28. The van der Waals surface area contributed by atoms with Crippen molar-refractivity contribution in [2.75, 3.05) is 6.26 Å². The summed E-state index contributed by atoms with van der Waals surface area (Å²) in [5, 5.41) is 1.50. The highest BCUT2D eigenvalue weighted by molar-refractivity contribution is 7.98. The molecule has 6 heteroatoms. The summed E-state index contributed by atoms with van der Waals surface area (Å²) in [6, 6.07) is 9.75. The van der Waals surface area contributed by atoms with E-state index in [0.29, 0.717) is 12.5 Å². The smallest absolute Gasteiger partial charge is 0.267 e. The molecule has 0 amide bonds. The third-order valence-corrected chi connectivity index (χ3v) is 6.39. The van der Waals surface area contributed by atoms with Gasteiger partial charge in [0.2, 0.25) is 0 Å². The number of hydrogen-bond acceptors (Lipinski definition) is 5. The lowest BCUT2D eigenvalue weighted by molar-refractivity contribution is 0.00200. The molecule has 1 aromatic carbocycles. The Morgan fingerprint density at radius 2 is 2.08 bits per heavy atom. The lowest BCUT2D eigenvalue weighted by atomic mass is 9.96. The summed E-state index contributed by atoms with van der Waals surface area (Å²) in [6.45, 7) is 4.91. The van der Waals surface area contributed by atoms with Gasteiger partial charge in [0.15, 0.2) is 5.16 Å². The van der Waals surface area contributed by atoms with Crippen molar-refractivity contribution in [3.8, 4) is 5.69 Å². The zero-order valence-electron chi connectivity index (χ0n) is 14.5. The van der Waals surface area contributed by atoms with Gasteiger partial charge < -0.3 is 4.74 Å². The zero-order valence-corrected chi connectivity index (χ0v) is 16.1. The minimum absolute atomic E-state index is 0.0301. The number of nitrogens with zero attached hydrogens (tertiary/aromatic N) is 2. The van der Waals surface area contributed by atoms with Crippen LogP contribution in [-0.2, 0) is 17.8 Å². The largest absolute Gasteiger partial charge is 0.372 e. The number of aromatic nitrogens is 2. The molecule has 1 aliphatic heterocycles. The van der Waals surface area contributed by atoms with Gasteiger partial charge >= 0.3 is 0 Å². The number of rotatable bonds is 3. The minimum atomic E-state index is 0.0301. The Hall–Kier alpha value is -1.63. The van der Waals surface area contributed by atoms with Crippen LogP contribution in [0.4, 0.5) is 0 Å². The van der Waals surface area contributed by atoms with Gasteiger partial charge in [-0.25, -0.2) is 4.98 Å². The summed E-state index contributed by atoms with van der Waals surface area (Å²) >= 11 is 3.10. The second-order valence-corrected chi connectivity index (χ2v) is 8.41. The van der Waals surface area contributed by atoms with Crippen LogP contribution in [0.1, 0.15) is 24.3 Å². The SMILES string of the molecule is CSc1nc2sc3c(c2c(=O)n1-c1ccccc1)CC(C(C)C)OC3. The van der Waals surface area contributed by atoms with E-state index in [1.54, 1.807) is 15.9 Å². The van der Waals surface area contributed by atoms with E-state index >= 15 is 0 Å². The number of benzene rings is 1. The zero-order chi connectivity index (χ0) is 17.6. The molecule has 0 aliphatic carbocycles. The number of para-hydroxylation sites is 1. The van der Waals surface area contributed by atoms with E-state index in [-0.39, 0.29) is 11.7 Å². The van der Waals surface area contributed by atoms with Crippen LogP contribution in [0, 0.1) is 5.92 Å². The first-order valence-electron chi connectivity index (χ1n) is 8.38. The van der Waals surface area contributed by atoms with Crippen LogP contribution in [0.15, 0.2) is 40.3 Å². The van der Waals surface area contributed by atoms with Crippen LogP contribution in [0.5, 0.6) is 0 Å². The summed E-state index contributed by atoms with van der Waals surface area (Å²) in [5.41, 5.74) is 2.03. The maximum absolute atomic E-state index is 13.4. The number of fused-ring (bicyclic) bond motifs is 3. The van der Waals surface area contributed by atoms with Gasteiger partial charge in [0, 0.05) is 11.3 Å². The number of thiophene rings is 1. The molecule has 2 aromatic heterocycles. The molecular weight excluding hydrogens is 352 g/mol. The lowest BCUT2D eigenvalue weighted by Gasteiger charge is -2.26. The van der Waals surface area contributed by atoms with E-state index in [0.717, 1.165) is 37.9 Å². The molecule has 0 spiro atoms. The normalized spacial score (nSPS) is 17.2. The number of thioether (sulfide) groups is 1. The van der Waals surface area contributed by atoms with E-state index in [4.69, 9.17) is 9.72 Å². The van der Waals surface area contributed by atoms with Crippen molar-refractivity contribution >= 4 is 33.3 Å². The third-order valence-electron chi connectivity index (χ3n) is 4.65. The predicted molar refractivity (Wildman–Crippen MR) is 104 cm³/mol. The molecule has 4 nitrogen and oxygen atoms in total. The Morgan fingerprint density at radius 3 is 2.76 bits per heavy atom. The van der Waals surface area contributed by atoms with Crippen LogP contribution in [0.25, 0.3) is 15.9 Å². The average molecular weight is 373 g/mol. The van der Waals surface area contributed by atoms with Crippen molar-refractivity contribution in [2.45, 2.75) is 38.1 Å². The molecule has 0 saturated carbocycles. The van der Waals surface area contributed by atoms with Crippen LogP contribution in [0.3, 0.4) is 0 Å². The van der Waals surface area contributed by atoms with Crippen molar-refractivity contribution in [2.24, 2.45) is 5.92 Å². The molecular formula is C19H20N2O2S2. The van der Waals surface area contributed by atoms with Crippen molar-refractivity contribution < 1.29 is 4.74 Å². The van der Waals surface area contributed by atoms with Crippen molar-refractivity contribution in [3.63, 3.8) is 0 Å². The molecule has 4 rings (SSSR count). The second-order valence-electron chi connectivity index (χ2n) is 6.56. The van der Waals surface area contributed by atoms with Gasteiger partial charge in [-0.15, -0.1) is 11.3 Å². The Balaban J connectivity index is 1.98. The van der Waals surface area contributed by atoms with Crippen LogP contribution in [-0.4, -0.2) is 21.9 Å². The average Bonchev–Trinajstić information content (AvgIpc) is 2.99. The van der Waals surface area contributed by atoms with E-state index in [1.165, 1.54) is 11.8 Å². The Morgan fingerprint density at radius 1 is 1.32 bits per heavy atom. The molecule has 0 fully saturated rings. The monoisotopic (exact) mass is 372 g/mol. The molecule has 1 atom stereocenters. The van der Waals surface area contributed by atoms with Crippen molar-refractivity contribution in [3.05, 3.63) is 51.1 Å². The highest BCUT2D eigenvalue weighted by atomic mass is 32.2. The topological polar surface area (TPSA) is 44.1 Å². The van der Waals surface area contributed by atoms with E-state index in [1.807, 2.05) is 36.6 Å². The van der Waals surface area contributed by atoms with E-state index < -0.39 is 0 Å². The molecule has 130 valence electrons. The fraction of sp³-hybridized carbons (Fsp3) is 0.368. The van der Waals surface area contributed by atoms with Gasteiger partial charge in [0.1, 0.15) is 4.83 Å². The van der Waals surface area contributed by atoms with Crippen LogP contribution >= 0.6 is 23.1 Å². The fourth-order valence-corrected chi connectivity index (χ4v) is 5.00. The summed E-state index contributed by atoms with van der Waals surface area (Å²) in [6.07, 6.45) is 2.91. The summed E-state index contributed by atoms with van der Waals surface area (Å²) in [5.74, 6) is 0.429. The highest BCUT2D eigenvalue weighted by Gasteiger charge is 2.28. The Kier molecular flexibility index (Phi) is 4.43.